The average Bonchev–Trinajstić information content (AvgIpc) is 3.29. The van der Waals surface area contributed by atoms with Gasteiger partial charge in [0, 0.05) is 24.0 Å². The predicted molar refractivity (Wildman–Crippen MR) is 121 cm³/mol. The number of amides is 2. The van der Waals surface area contributed by atoms with E-state index in [4.69, 9.17) is 21.1 Å². The van der Waals surface area contributed by atoms with Crippen LogP contribution in [0.1, 0.15) is 22.5 Å². The van der Waals surface area contributed by atoms with Crippen molar-refractivity contribution in [2.45, 2.75) is 31.0 Å². The van der Waals surface area contributed by atoms with Gasteiger partial charge in [0.05, 0.1) is 28.4 Å². The number of carbonyl (C=O) groups is 3. The summed E-state index contributed by atoms with van der Waals surface area (Å²) in [5.74, 6) is -0.00641. The number of nitrogens with zero attached hydrogens (tertiary/aromatic N) is 2. The first-order valence-electron chi connectivity index (χ1n) is 10.5. The minimum Gasteiger partial charge on any atom is -0.444 e. The molecule has 0 aliphatic carbocycles. The number of ether oxygens (including phenoxy) is 2. The van der Waals surface area contributed by atoms with Gasteiger partial charge in [-0.3, -0.25) is 14.5 Å². The van der Waals surface area contributed by atoms with Crippen LogP contribution in [0.15, 0.2) is 36.4 Å². The highest BCUT2D eigenvalue weighted by molar-refractivity contribution is 7.18. The molecular weight excluding hydrogens is 454 g/mol. The fourth-order valence-corrected chi connectivity index (χ4v) is 5.16. The van der Waals surface area contributed by atoms with Gasteiger partial charge in [0.1, 0.15) is 12.7 Å². The molecule has 3 saturated heterocycles. The van der Waals surface area contributed by atoms with E-state index >= 15 is 0 Å². The third kappa shape index (κ3) is 4.38. The minimum atomic E-state index is -0.380. The van der Waals surface area contributed by atoms with E-state index in [0.717, 1.165) is 17.8 Å². The molecule has 2 amide bonds. The van der Waals surface area contributed by atoms with E-state index < -0.39 is 0 Å². The number of Topliss-reactive ketones (excluding diaryl/α,β-unsaturated/α-hetero) is 1. The van der Waals surface area contributed by atoms with Crippen molar-refractivity contribution in [2.24, 2.45) is 0 Å². The first-order chi connectivity index (χ1) is 15.5. The largest absolute Gasteiger partial charge is 0.444 e. The van der Waals surface area contributed by atoms with Crippen molar-refractivity contribution < 1.29 is 23.9 Å². The monoisotopic (exact) mass is 475 g/mol. The Morgan fingerprint density at radius 1 is 1.09 bits per heavy atom. The normalized spacial score (nSPS) is 25.2. The second-order valence-corrected chi connectivity index (χ2v) is 9.74. The van der Waals surface area contributed by atoms with Gasteiger partial charge in [-0.15, -0.1) is 11.3 Å². The Kier molecular flexibility index (Phi) is 5.90. The van der Waals surface area contributed by atoms with Crippen LogP contribution in [-0.2, 0) is 14.3 Å². The number of nitrogens with one attached hydrogen (secondary N) is 1. The number of hydrogen-bond acceptors (Lipinski definition) is 7. The van der Waals surface area contributed by atoms with Crippen molar-refractivity contribution in [1.29, 1.82) is 0 Å². The zero-order valence-electron chi connectivity index (χ0n) is 17.2. The molecule has 0 spiro atoms. The minimum absolute atomic E-state index is 0.0655. The number of carbonyl (C=O) groups excluding carboxylic acids is 3. The molecule has 168 valence electrons. The molecule has 8 nitrogen and oxygen atoms in total. The molecule has 3 fully saturated rings. The molecule has 3 aliphatic rings. The fourth-order valence-electron chi connectivity index (χ4n) is 4.14. The molecule has 3 aliphatic heterocycles. The number of morpholine rings is 1. The van der Waals surface area contributed by atoms with Gasteiger partial charge in [-0.05, 0) is 49.2 Å². The lowest BCUT2D eigenvalue weighted by molar-refractivity contribution is -0.125. The summed E-state index contributed by atoms with van der Waals surface area (Å²) in [7, 11) is 0. The summed E-state index contributed by atoms with van der Waals surface area (Å²) in [6.45, 7) is 1.58. The summed E-state index contributed by atoms with van der Waals surface area (Å²) < 4.78 is 11.3. The van der Waals surface area contributed by atoms with E-state index in [2.05, 4.69) is 5.32 Å². The number of halogens is 1. The van der Waals surface area contributed by atoms with Crippen LogP contribution in [0, 0.1) is 0 Å². The molecule has 1 aromatic heterocycles. The van der Waals surface area contributed by atoms with Crippen LogP contribution in [0.3, 0.4) is 0 Å². The molecule has 0 bridgehead atoms. The zero-order chi connectivity index (χ0) is 22.2. The maximum Gasteiger partial charge on any atom is 0.414 e. The number of benzene rings is 1. The average molecular weight is 476 g/mol. The van der Waals surface area contributed by atoms with E-state index in [1.54, 1.807) is 21.9 Å². The Hall–Kier alpha value is -2.46. The van der Waals surface area contributed by atoms with E-state index in [0.29, 0.717) is 35.3 Å². The van der Waals surface area contributed by atoms with Gasteiger partial charge in [-0.1, -0.05) is 11.6 Å². The molecule has 1 N–H and O–H groups in total. The van der Waals surface area contributed by atoms with E-state index in [1.807, 2.05) is 24.3 Å². The summed E-state index contributed by atoms with van der Waals surface area (Å²) in [4.78, 5) is 40.8. The summed E-state index contributed by atoms with van der Waals surface area (Å²) in [5, 5.41) is 3.21. The quantitative estimate of drug-likeness (QED) is 0.488. The van der Waals surface area contributed by atoms with Gasteiger partial charge < -0.3 is 19.7 Å². The van der Waals surface area contributed by atoms with Crippen LogP contribution in [0.5, 0.6) is 0 Å². The SMILES string of the molecule is O=C(c1ccc(Cl)s1)C1NC1CCC1CN(c2ccc(N3CCOCC3=O)cc2)C(=O)O1. The molecule has 3 unspecified atom stereocenters. The number of cyclic esters (lactones) is 1. The third-order valence-electron chi connectivity index (χ3n) is 5.92. The maximum absolute atomic E-state index is 12.4. The number of anilines is 2. The van der Waals surface area contributed by atoms with Crippen LogP contribution in [0.2, 0.25) is 4.34 Å². The van der Waals surface area contributed by atoms with Gasteiger partial charge >= 0.3 is 6.09 Å². The molecule has 10 heteroatoms. The van der Waals surface area contributed by atoms with Crippen molar-refractivity contribution in [2.75, 3.05) is 36.1 Å². The number of thiophene rings is 1. The summed E-state index contributed by atoms with van der Waals surface area (Å²) in [5.41, 5.74) is 1.52. The van der Waals surface area contributed by atoms with Gasteiger partial charge in [-0.2, -0.15) is 0 Å². The Labute approximate surface area is 194 Å². The first kappa shape index (κ1) is 21.4. The third-order valence-corrected chi connectivity index (χ3v) is 7.16. The summed E-state index contributed by atoms with van der Waals surface area (Å²) in [6.07, 6.45) is 0.821. The summed E-state index contributed by atoms with van der Waals surface area (Å²) in [6, 6.07) is 10.7. The highest BCUT2D eigenvalue weighted by Crippen LogP contribution is 2.30. The highest BCUT2D eigenvalue weighted by atomic mass is 35.5. The fraction of sp³-hybridized carbons (Fsp3) is 0.409. The standard InChI is InChI=1S/C22H22ClN3O5S/c23-18-8-7-17(32-18)21(28)20-16(24-20)6-5-15-11-26(22(29)31-15)14-3-1-13(2-4-14)25-9-10-30-12-19(25)27/h1-4,7-8,15-16,20,24H,5-6,9-12H2. The Morgan fingerprint density at radius 2 is 1.84 bits per heavy atom. The lowest BCUT2D eigenvalue weighted by atomic mass is 10.1. The lowest BCUT2D eigenvalue weighted by Gasteiger charge is -2.27. The predicted octanol–water partition coefficient (Wildman–Crippen LogP) is 3.09. The number of ketones is 1. The van der Waals surface area contributed by atoms with Crippen LogP contribution < -0.4 is 15.1 Å². The molecule has 5 rings (SSSR count). The van der Waals surface area contributed by atoms with Crippen molar-refractivity contribution in [3.8, 4) is 0 Å². The first-order valence-corrected chi connectivity index (χ1v) is 11.7. The topological polar surface area (TPSA) is 98.1 Å². The molecule has 2 aromatic rings. The van der Waals surface area contributed by atoms with Crippen molar-refractivity contribution in [3.05, 3.63) is 45.6 Å². The van der Waals surface area contributed by atoms with Crippen molar-refractivity contribution >= 4 is 52.1 Å². The van der Waals surface area contributed by atoms with Crippen molar-refractivity contribution in [3.63, 3.8) is 0 Å². The van der Waals surface area contributed by atoms with Gasteiger partial charge in [0.25, 0.3) is 5.91 Å². The maximum atomic E-state index is 12.4. The highest BCUT2D eigenvalue weighted by Gasteiger charge is 2.43. The van der Waals surface area contributed by atoms with Crippen LogP contribution in [-0.4, -0.2) is 62.3 Å². The van der Waals surface area contributed by atoms with Crippen LogP contribution in [0.4, 0.5) is 16.2 Å². The second-order valence-electron chi connectivity index (χ2n) is 8.03. The van der Waals surface area contributed by atoms with Gasteiger partial charge in [0.2, 0.25) is 0 Å². The van der Waals surface area contributed by atoms with Gasteiger partial charge in [-0.25, -0.2) is 4.79 Å². The number of rotatable bonds is 7. The van der Waals surface area contributed by atoms with Crippen LogP contribution >= 0.6 is 22.9 Å². The molecule has 3 atom stereocenters. The van der Waals surface area contributed by atoms with E-state index in [-0.39, 0.29) is 42.6 Å². The second kappa shape index (κ2) is 8.82. The van der Waals surface area contributed by atoms with E-state index in [9.17, 15) is 14.4 Å². The smallest absolute Gasteiger partial charge is 0.414 e. The Balaban J connectivity index is 1.13. The Bertz CT molecular complexity index is 1040. The summed E-state index contributed by atoms with van der Waals surface area (Å²) >= 11 is 7.21. The van der Waals surface area contributed by atoms with Gasteiger partial charge in [0.15, 0.2) is 5.78 Å². The van der Waals surface area contributed by atoms with Crippen LogP contribution in [0.25, 0.3) is 0 Å². The molecule has 0 saturated carbocycles. The van der Waals surface area contributed by atoms with Crippen molar-refractivity contribution in [1.82, 2.24) is 5.32 Å². The number of hydrogen-bond donors (Lipinski definition) is 1. The lowest BCUT2D eigenvalue weighted by Crippen LogP contribution is -2.41. The molecule has 1 aromatic carbocycles. The van der Waals surface area contributed by atoms with E-state index in [1.165, 1.54) is 11.3 Å². The zero-order valence-corrected chi connectivity index (χ0v) is 18.7. The molecule has 4 heterocycles. The molecule has 0 radical (unpaired) electrons. The Morgan fingerprint density at radius 3 is 2.53 bits per heavy atom. The molecular formula is C22H22ClN3O5S. The molecule has 32 heavy (non-hydrogen) atoms.